The van der Waals surface area contributed by atoms with Crippen LogP contribution in [0.15, 0.2) is 24.3 Å². The molecule has 0 bridgehead atoms. The molecule has 1 amide bonds. The van der Waals surface area contributed by atoms with Gasteiger partial charge in [0, 0.05) is 17.5 Å². The molecule has 0 fully saturated rings. The van der Waals surface area contributed by atoms with E-state index in [1.807, 2.05) is 25.1 Å². The van der Waals surface area contributed by atoms with Crippen LogP contribution in [0.5, 0.6) is 0 Å². The van der Waals surface area contributed by atoms with Crippen LogP contribution in [0.2, 0.25) is 0 Å². The first-order valence-electron chi connectivity index (χ1n) is 6.22. The lowest BCUT2D eigenvalue weighted by Gasteiger charge is -2.10. The van der Waals surface area contributed by atoms with Gasteiger partial charge in [-0.2, -0.15) is 11.8 Å². The summed E-state index contributed by atoms with van der Waals surface area (Å²) in [6.45, 7) is 6.22. The minimum atomic E-state index is 0.0292. The van der Waals surface area contributed by atoms with Crippen molar-refractivity contribution >= 4 is 23.4 Å². The van der Waals surface area contributed by atoms with Gasteiger partial charge < -0.3 is 11.1 Å². The predicted molar refractivity (Wildman–Crippen MR) is 80.1 cm³/mol. The van der Waals surface area contributed by atoms with E-state index in [-0.39, 0.29) is 11.9 Å². The largest absolute Gasteiger partial charge is 0.327 e. The lowest BCUT2D eigenvalue weighted by molar-refractivity contribution is -0.113. The highest BCUT2D eigenvalue weighted by Crippen LogP contribution is 2.18. The summed E-state index contributed by atoms with van der Waals surface area (Å²) in [5.74, 6) is 1.75. The molecule has 18 heavy (non-hydrogen) atoms. The van der Waals surface area contributed by atoms with E-state index in [1.165, 1.54) is 5.56 Å². The topological polar surface area (TPSA) is 55.1 Å². The number of thioether (sulfide) groups is 1. The number of hydrogen-bond donors (Lipinski definition) is 2. The average molecular weight is 266 g/mol. The van der Waals surface area contributed by atoms with Gasteiger partial charge in [-0.25, -0.2) is 0 Å². The zero-order valence-corrected chi connectivity index (χ0v) is 12.1. The molecule has 0 aliphatic rings. The Kier molecular flexibility index (Phi) is 6.22. The zero-order valence-electron chi connectivity index (χ0n) is 11.3. The zero-order chi connectivity index (χ0) is 13.5. The second-order valence-electron chi connectivity index (χ2n) is 4.82. The van der Waals surface area contributed by atoms with Gasteiger partial charge in [0.2, 0.25) is 5.91 Å². The Morgan fingerprint density at radius 2 is 2.11 bits per heavy atom. The molecule has 0 spiro atoms. The number of nitrogens with two attached hydrogens (primary N) is 1. The Labute approximate surface area is 114 Å². The van der Waals surface area contributed by atoms with E-state index in [0.29, 0.717) is 11.7 Å². The third-order valence-electron chi connectivity index (χ3n) is 2.45. The van der Waals surface area contributed by atoms with Crippen LogP contribution in [0.4, 0.5) is 5.69 Å². The van der Waals surface area contributed by atoms with Gasteiger partial charge in [-0.15, -0.1) is 0 Å². The Morgan fingerprint density at radius 3 is 2.72 bits per heavy atom. The van der Waals surface area contributed by atoms with E-state index in [1.54, 1.807) is 11.8 Å². The molecule has 0 heterocycles. The van der Waals surface area contributed by atoms with Gasteiger partial charge in [0.15, 0.2) is 0 Å². The summed E-state index contributed by atoms with van der Waals surface area (Å²) < 4.78 is 0. The van der Waals surface area contributed by atoms with Crippen molar-refractivity contribution < 1.29 is 4.79 Å². The van der Waals surface area contributed by atoms with Crippen molar-refractivity contribution in [2.75, 3.05) is 16.8 Å². The van der Waals surface area contributed by atoms with E-state index in [4.69, 9.17) is 5.73 Å². The van der Waals surface area contributed by atoms with Crippen LogP contribution in [0.25, 0.3) is 0 Å². The molecule has 3 nitrogen and oxygen atoms in total. The maximum Gasteiger partial charge on any atom is 0.234 e. The van der Waals surface area contributed by atoms with Crippen molar-refractivity contribution in [2.45, 2.75) is 32.7 Å². The number of carbonyl (C=O) groups is 1. The Morgan fingerprint density at radius 1 is 1.39 bits per heavy atom. The quantitative estimate of drug-likeness (QED) is 0.832. The summed E-state index contributed by atoms with van der Waals surface area (Å²) in [5, 5.41) is 2.91. The first-order chi connectivity index (χ1) is 8.49. The van der Waals surface area contributed by atoms with Crippen LogP contribution in [0.1, 0.15) is 32.3 Å². The third-order valence-corrected chi connectivity index (χ3v) is 3.68. The molecule has 1 atom stereocenters. The van der Waals surface area contributed by atoms with E-state index >= 15 is 0 Å². The normalized spacial score (nSPS) is 12.5. The molecule has 1 aromatic carbocycles. The highest BCUT2D eigenvalue weighted by molar-refractivity contribution is 8.00. The van der Waals surface area contributed by atoms with Gasteiger partial charge in [0.05, 0.1) is 5.75 Å². The number of amides is 1. The molecule has 0 saturated heterocycles. The summed E-state index contributed by atoms with van der Waals surface area (Å²) in [5.41, 5.74) is 7.73. The standard InChI is InChI=1S/C14H22N2OS/c1-10(2)12-5-4-6-13(7-12)16-14(17)9-18-8-11(3)15/h4-7,10-11H,8-9,15H2,1-3H3,(H,16,17). The number of carbonyl (C=O) groups excluding carboxylic acids is 1. The maximum atomic E-state index is 11.7. The van der Waals surface area contributed by atoms with Crippen LogP contribution in [-0.2, 0) is 4.79 Å². The first-order valence-corrected chi connectivity index (χ1v) is 7.37. The van der Waals surface area contributed by atoms with Gasteiger partial charge in [0.25, 0.3) is 0 Å². The van der Waals surface area contributed by atoms with Crippen molar-refractivity contribution in [1.82, 2.24) is 0 Å². The third kappa shape index (κ3) is 5.56. The lowest BCUT2D eigenvalue weighted by Crippen LogP contribution is -2.20. The minimum absolute atomic E-state index is 0.0292. The highest BCUT2D eigenvalue weighted by atomic mass is 32.2. The molecular formula is C14H22N2OS. The Hall–Kier alpha value is -1.00. The number of nitrogens with one attached hydrogen (secondary N) is 1. The van der Waals surface area contributed by atoms with Crippen LogP contribution >= 0.6 is 11.8 Å². The van der Waals surface area contributed by atoms with Crippen molar-refractivity contribution in [3.05, 3.63) is 29.8 Å². The van der Waals surface area contributed by atoms with Crippen LogP contribution in [-0.4, -0.2) is 23.5 Å². The first kappa shape index (κ1) is 15.1. The fourth-order valence-electron chi connectivity index (χ4n) is 1.51. The number of anilines is 1. The van der Waals surface area contributed by atoms with E-state index in [9.17, 15) is 4.79 Å². The molecule has 0 saturated carbocycles. The summed E-state index contributed by atoms with van der Waals surface area (Å²) in [6, 6.07) is 8.12. The summed E-state index contributed by atoms with van der Waals surface area (Å²) in [4.78, 5) is 11.7. The lowest BCUT2D eigenvalue weighted by atomic mass is 10.0. The van der Waals surface area contributed by atoms with Crippen molar-refractivity contribution in [1.29, 1.82) is 0 Å². The Balaban J connectivity index is 2.46. The number of benzene rings is 1. The smallest absolute Gasteiger partial charge is 0.234 e. The van der Waals surface area contributed by atoms with Gasteiger partial charge in [-0.1, -0.05) is 26.0 Å². The van der Waals surface area contributed by atoms with Gasteiger partial charge in [-0.05, 0) is 30.5 Å². The highest BCUT2D eigenvalue weighted by Gasteiger charge is 2.05. The van der Waals surface area contributed by atoms with Crippen LogP contribution < -0.4 is 11.1 Å². The molecule has 0 radical (unpaired) electrons. The van der Waals surface area contributed by atoms with Gasteiger partial charge in [0.1, 0.15) is 0 Å². The second kappa shape index (κ2) is 7.44. The van der Waals surface area contributed by atoms with Crippen molar-refractivity contribution in [2.24, 2.45) is 5.73 Å². The molecule has 0 aromatic heterocycles. The average Bonchev–Trinajstić information content (AvgIpc) is 2.28. The van der Waals surface area contributed by atoms with E-state index in [2.05, 4.69) is 25.2 Å². The van der Waals surface area contributed by atoms with E-state index < -0.39 is 0 Å². The SMILES string of the molecule is CC(N)CSCC(=O)Nc1cccc(C(C)C)c1. The van der Waals surface area contributed by atoms with Gasteiger partial charge >= 0.3 is 0 Å². The monoisotopic (exact) mass is 266 g/mol. The summed E-state index contributed by atoms with van der Waals surface area (Å²) >= 11 is 1.56. The van der Waals surface area contributed by atoms with Crippen LogP contribution in [0.3, 0.4) is 0 Å². The molecule has 0 aliphatic carbocycles. The summed E-state index contributed by atoms with van der Waals surface area (Å²) in [7, 11) is 0. The second-order valence-corrected chi connectivity index (χ2v) is 5.85. The van der Waals surface area contributed by atoms with Crippen LogP contribution in [0, 0.1) is 0 Å². The molecule has 1 rings (SSSR count). The molecule has 0 aliphatic heterocycles. The molecule has 4 heteroatoms. The van der Waals surface area contributed by atoms with E-state index in [0.717, 1.165) is 11.4 Å². The number of rotatable bonds is 6. The predicted octanol–water partition coefficient (Wildman–Crippen LogP) is 2.83. The minimum Gasteiger partial charge on any atom is -0.327 e. The molecule has 1 aromatic rings. The van der Waals surface area contributed by atoms with Crippen molar-refractivity contribution in [3.8, 4) is 0 Å². The maximum absolute atomic E-state index is 11.7. The Bertz CT molecular complexity index is 391. The molecular weight excluding hydrogens is 244 g/mol. The number of hydrogen-bond acceptors (Lipinski definition) is 3. The van der Waals surface area contributed by atoms with Crippen molar-refractivity contribution in [3.63, 3.8) is 0 Å². The fraction of sp³-hybridized carbons (Fsp3) is 0.500. The fourth-order valence-corrected chi connectivity index (χ4v) is 2.26. The van der Waals surface area contributed by atoms with Gasteiger partial charge in [-0.3, -0.25) is 4.79 Å². The molecule has 100 valence electrons. The molecule has 3 N–H and O–H groups in total. The molecule has 1 unspecified atom stereocenters. The summed E-state index contributed by atoms with van der Waals surface area (Å²) in [6.07, 6.45) is 0.